The average molecular weight is 280 g/mol. The highest BCUT2D eigenvalue weighted by Gasteiger charge is 2.68. The van der Waals surface area contributed by atoms with Gasteiger partial charge in [-0.3, -0.25) is 4.79 Å². The Morgan fingerprint density at radius 3 is 2.10 bits per heavy atom. The number of allylic oxidation sites excluding steroid dienone is 1. The van der Waals surface area contributed by atoms with Crippen LogP contribution in [0.4, 0.5) is 0 Å². The van der Waals surface area contributed by atoms with Crippen LogP contribution in [-0.4, -0.2) is 23.0 Å². The largest absolute Gasteiger partial charge is 0.511 e. The van der Waals surface area contributed by atoms with E-state index >= 15 is 0 Å². The van der Waals surface area contributed by atoms with E-state index < -0.39 is 12.1 Å². The van der Waals surface area contributed by atoms with Crippen molar-refractivity contribution in [1.82, 2.24) is 0 Å². The highest BCUT2D eigenvalue weighted by molar-refractivity contribution is 6.23. The fraction of sp³-hybridized carbons (Fsp3) is 0.750. The summed E-state index contributed by atoms with van der Waals surface area (Å²) < 4.78 is 5.13. The van der Waals surface area contributed by atoms with Gasteiger partial charge in [0.1, 0.15) is 11.3 Å². The Morgan fingerprint density at radius 1 is 1.20 bits per heavy atom. The summed E-state index contributed by atoms with van der Waals surface area (Å²) in [5, 5.41) is 10.4. The van der Waals surface area contributed by atoms with Gasteiger partial charge in [-0.2, -0.15) is 0 Å². The first-order chi connectivity index (χ1) is 9.01. The summed E-state index contributed by atoms with van der Waals surface area (Å²) in [6.07, 6.45) is -0.233. The van der Waals surface area contributed by atoms with E-state index in [0.717, 1.165) is 0 Å². The van der Waals surface area contributed by atoms with E-state index in [4.69, 9.17) is 4.74 Å². The van der Waals surface area contributed by atoms with E-state index in [-0.39, 0.29) is 39.8 Å². The number of cyclic esters (lactones) is 1. The molecule has 0 aromatic carbocycles. The molecule has 1 heterocycles. The highest BCUT2D eigenvalue weighted by Crippen LogP contribution is 2.71. The monoisotopic (exact) mass is 280 g/mol. The van der Waals surface area contributed by atoms with Gasteiger partial charge in [0.25, 0.3) is 0 Å². The van der Waals surface area contributed by atoms with E-state index in [9.17, 15) is 14.7 Å². The fourth-order valence-electron chi connectivity index (χ4n) is 3.34. The first-order valence-corrected chi connectivity index (χ1v) is 7.20. The molecular weight excluding hydrogens is 256 g/mol. The Balaban J connectivity index is 2.31. The lowest BCUT2D eigenvalue weighted by Gasteiger charge is -2.09. The topological polar surface area (TPSA) is 63.6 Å². The van der Waals surface area contributed by atoms with Gasteiger partial charge in [0.15, 0.2) is 6.10 Å². The average Bonchev–Trinajstić information content (AvgIpc) is 2.52. The number of hydrogen-bond acceptors (Lipinski definition) is 4. The fourth-order valence-corrected chi connectivity index (χ4v) is 3.34. The molecule has 0 bridgehead atoms. The Labute approximate surface area is 120 Å². The molecule has 1 unspecified atom stereocenters. The number of aliphatic hydroxyl groups is 1. The number of esters is 1. The zero-order valence-corrected chi connectivity index (χ0v) is 13.1. The number of rotatable bonds is 3. The third-order valence-electron chi connectivity index (χ3n) is 5.23. The summed E-state index contributed by atoms with van der Waals surface area (Å²) in [5.74, 6) is -1.02. The van der Waals surface area contributed by atoms with Crippen LogP contribution in [0, 0.1) is 22.7 Å². The first-order valence-electron chi connectivity index (χ1n) is 7.20. The molecule has 0 aromatic rings. The number of hydrogen-bond donors (Lipinski definition) is 1. The first kappa shape index (κ1) is 15.1. The van der Waals surface area contributed by atoms with Crippen LogP contribution >= 0.6 is 0 Å². The van der Waals surface area contributed by atoms with Crippen molar-refractivity contribution in [1.29, 1.82) is 0 Å². The minimum Gasteiger partial charge on any atom is -0.511 e. The van der Waals surface area contributed by atoms with Crippen LogP contribution in [-0.2, 0) is 14.3 Å². The molecule has 1 N–H and O–H groups in total. The standard InChI is InChI=1S/C16H24O4/c1-8(2)7-9-11(17)10(14(19)20-9)12(18)13-15(3,4)16(13,5)6/h8-9,13,18H,7H2,1-6H3. The molecule has 1 atom stereocenters. The molecule has 4 heteroatoms. The van der Waals surface area contributed by atoms with E-state index in [1.165, 1.54) is 0 Å². The molecule has 1 saturated carbocycles. The summed E-state index contributed by atoms with van der Waals surface area (Å²) >= 11 is 0. The molecule has 2 aliphatic rings. The maximum atomic E-state index is 12.3. The molecule has 0 radical (unpaired) electrons. The Bertz CT molecular complexity index is 483. The number of carbonyl (C=O) groups excluding carboxylic acids is 2. The van der Waals surface area contributed by atoms with Crippen LogP contribution in [0.2, 0.25) is 0 Å². The Morgan fingerprint density at radius 2 is 1.70 bits per heavy atom. The lowest BCUT2D eigenvalue weighted by Crippen LogP contribution is -2.19. The van der Waals surface area contributed by atoms with Gasteiger partial charge in [-0.1, -0.05) is 41.5 Å². The van der Waals surface area contributed by atoms with Crippen molar-refractivity contribution in [2.75, 3.05) is 0 Å². The van der Waals surface area contributed by atoms with E-state index in [0.29, 0.717) is 6.42 Å². The van der Waals surface area contributed by atoms with Gasteiger partial charge in [-0.05, 0) is 23.2 Å². The van der Waals surface area contributed by atoms with Gasteiger partial charge in [0.2, 0.25) is 5.78 Å². The molecule has 4 nitrogen and oxygen atoms in total. The maximum Gasteiger partial charge on any atom is 0.346 e. The second-order valence-electron chi connectivity index (χ2n) is 7.52. The van der Waals surface area contributed by atoms with Crippen LogP contribution in [0.1, 0.15) is 48.0 Å². The van der Waals surface area contributed by atoms with Crippen molar-refractivity contribution < 1.29 is 19.4 Å². The molecular formula is C16H24O4. The summed E-state index contributed by atoms with van der Waals surface area (Å²) in [6.45, 7) is 12.1. The van der Waals surface area contributed by atoms with Crippen LogP contribution in [0.3, 0.4) is 0 Å². The lowest BCUT2D eigenvalue weighted by molar-refractivity contribution is -0.141. The predicted octanol–water partition coefficient (Wildman–Crippen LogP) is 3.02. The predicted molar refractivity (Wildman–Crippen MR) is 75.0 cm³/mol. The summed E-state index contributed by atoms with van der Waals surface area (Å²) in [4.78, 5) is 24.2. The van der Waals surface area contributed by atoms with Crippen molar-refractivity contribution in [3.8, 4) is 0 Å². The third kappa shape index (κ3) is 1.97. The van der Waals surface area contributed by atoms with Gasteiger partial charge in [0, 0.05) is 5.92 Å². The smallest absolute Gasteiger partial charge is 0.346 e. The summed E-state index contributed by atoms with van der Waals surface area (Å²) in [7, 11) is 0. The number of aliphatic hydroxyl groups excluding tert-OH is 1. The van der Waals surface area contributed by atoms with Crippen molar-refractivity contribution in [2.45, 2.75) is 54.1 Å². The van der Waals surface area contributed by atoms with Crippen LogP contribution in [0.5, 0.6) is 0 Å². The molecule has 0 amide bonds. The minimum absolute atomic E-state index is 0.0822. The Kier molecular flexibility index (Phi) is 3.27. The second-order valence-corrected chi connectivity index (χ2v) is 7.52. The van der Waals surface area contributed by atoms with Gasteiger partial charge >= 0.3 is 5.97 Å². The molecule has 2 rings (SSSR count). The SMILES string of the molecule is CC(C)CC1OC(=O)C(=C(O)C2C(C)(C)C2(C)C)C1=O. The molecule has 0 aromatic heterocycles. The quantitative estimate of drug-likeness (QED) is 0.373. The number of carbonyl (C=O) groups is 2. The molecule has 20 heavy (non-hydrogen) atoms. The maximum absolute atomic E-state index is 12.3. The minimum atomic E-state index is -0.732. The van der Waals surface area contributed by atoms with Crippen molar-refractivity contribution in [3.63, 3.8) is 0 Å². The van der Waals surface area contributed by atoms with Crippen molar-refractivity contribution in [3.05, 3.63) is 11.3 Å². The zero-order valence-electron chi connectivity index (χ0n) is 13.1. The molecule has 1 aliphatic heterocycles. The third-order valence-corrected chi connectivity index (χ3v) is 5.23. The van der Waals surface area contributed by atoms with Gasteiger partial charge in [-0.15, -0.1) is 0 Å². The van der Waals surface area contributed by atoms with E-state index in [2.05, 4.69) is 0 Å². The molecule has 1 aliphatic carbocycles. The van der Waals surface area contributed by atoms with Crippen LogP contribution < -0.4 is 0 Å². The van der Waals surface area contributed by atoms with Crippen molar-refractivity contribution in [2.24, 2.45) is 22.7 Å². The van der Waals surface area contributed by atoms with Crippen LogP contribution in [0.15, 0.2) is 11.3 Å². The number of Topliss-reactive ketones (excluding diaryl/α,β-unsaturated/α-hetero) is 1. The number of ketones is 1. The van der Waals surface area contributed by atoms with E-state index in [1.807, 2.05) is 41.5 Å². The zero-order chi connectivity index (χ0) is 15.5. The lowest BCUT2D eigenvalue weighted by atomic mass is 9.98. The van der Waals surface area contributed by atoms with Crippen molar-refractivity contribution >= 4 is 11.8 Å². The number of ether oxygens (including phenoxy) is 1. The van der Waals surface area contributed by atoms with Gasteiger partial charge in [0.05, 0.1) is 0 Å². The Hall–Kier alpha value is -1.32. The highest BCUT2D eigenvalue weighted by atomic mass is 16.6. The molecule has 112 valence electrons. The molecule has 1 saturated heterocycles. The summed E-state index contributed by atoms with van der Waals surface area (Å²) in [6, 6.07) is 0. The summed E-state index contributed by atoms with van der Waals surface area (Å²) in [5.41, 5.74) is -0.374. The normalized spacial score (nSPS) is 30.6. The van der Waals surface area contributed by atoms with Gasteiger partial charge in [-0.25, -0.2) is 4.79 Å². The second kappa shape index (κ2) is 4.34. The van der Waals surface area contributed by atoms with E-state index in [1.54, 1.807) is 0 Å². The molecule has 2 fully saturated rings. The van der Waals surface area contributed by atoms with Gasteiger partial charge < -0.3 is 9.84 Å². The molecule has 0 spiro atoms. The van der Waals surface area contributed by atoms with Crippen LogP contribution in [0.25, 0.3) is 0 Å².